The maximum Gasteiger partial charge on any atom is 0.407 e. The first-order valence-electron chi connectivity index (χ1n) is 10.1. The van der Waals surface area contributed by atoms with E-state index >= 15 is 0 Å². The van der Waals surface area contributed by atoms with Gasteiger partial charge in [0.2, 0.25) is 0 Å². The molecule has 0 aliphatic heterocycles. The normalized spacial score (nSPS) is 12.5. The SMILES string of the molecule is CC.CC(C)(C)OC(=O)NC1CCC1.COC(=O)c1cc(O)cc(OC)c1C(=O)OC. The Hall–Kier alpha value is -2.97. The van der Waals surface area contributed by atoms with E-state index in [1.54, 1.807) is 0 Å². The largest absolute Gasteiger partial charge is 0.508 e. The maximum atomic E-state index is 11.6. The van der Waals surface area contributed by atoms with Crippen molar-refractivity contribution in [2.45, 2.75) is 65.5 Å². The number of amides is 1. The van der Waals surface area contributed by atoms with Crippen molar-refractivity contribution in [3.63, 3.8) is 0 Å². The first kappa shape index (κ1) is 28.0. The molecule has 9 nitrogen and oxygen atoms in total. The predicted molar refractivity (Wildman–Crippen MR) is 116 cm³/mol. The molecular formula is C22H35NO8. The number of ether oxygens (including phenoxy) is 4. The van der Waals surface area contributed by atoms with Crippen LogP contribution < -0.4 is 10.1 Å². The molecule has 0 bridgehead atoms. The molecule has 1 aliphatic rings. The predicted octanol–water partition coefficient (Wildman–Crippen LogP) is 4.06. The fourth-order valence-electron chi connectivity index (χ4n) is 2.37. The lowest BCUT2D eigenvalue weighted by Gasteiger charge is -2.28. The Morgan fingerprint density at radius 2 is 1.55 bits per heavy atom. The second-order valence-electron chi connectivity index (χ2n) is 7.33. The number of alkyl carbamates (subject to hydrolysis) is 1. The first-order chi connectivity index (χ1) is 14.5. The lowest BCUT2D eigenvalue weighted by Crippen LogP contribution is -2.42. The van der Waals surface area contributed by atoms with Gasteiger partial charge in [-0.05, 0) is 46.1 Å². The van der Waals surface area contributed by atoms with Gasteiger partial charge >= 0.3 is 18.0 Å². The highest BCUT2D eigenvalue weighted by molar-refractivity contribution is 6.05. The lowest BCUT2D eigenvalue weighted by molar-refractivity contribution is 0.0478. The van der Waals surface area contributed by atoms with Crippen LogP contribution in [0.3, 0.4) is 0 Å². The van der Waals surface area contributed by atoms with Crippen LogP contribution in [-0.4, -0.2) is 56.1 Å². The average Bonchev–Trinajstić information content (AvgIpc) is 2.69. The molecule has 1 saturated carbocycles. The van der Waals surface area contributed by atoms with Crippen LogP contribution in [0.25, 0.3) is 0 Å². The minimum Gasteiger partial charge on any atom is -0.508 e. The lowest BCUT2D eigenvalue weighted by atomic mass is 9.93. The van der Waals surface area contributed by atoms with Gasteiger partial charge in [-0.1, -0.05) is 13.8 Å². The summed E-state index contributed by atoms with van der Waals surface area (Å²) in [6.07, 6.45) is 3.13. The summed E-state index contributed by atoms with van der Waals surface area (Å²) in [5.74, 6) is -1.69. The third kappa shape index (κ3) is 9.59. The van der Waals surface area contributed by atoms with Gasteiger partial charge in [0.1, 0.15) is 22.7 Å². The molecule has 0 heterocycles. The molecule has 0 spiro atoms. The number of hydrogen-bond donors (Lipinski definition) is 2. The Morgan fingerprint density at radius 3 is 1.94 bits per heavy atom. The Balaban J connectivity index is 0.000000564. The second kappa shape index (κ2) is 13.4. The van der Waals surface area contributed by atoms with Crippen molar-refractivity contribution >= 4 is 18.0 Å². The molecule has 31 heavy (non-hydrogen) atoms. The van der Waals surface area contributed by atoms with Gasteiger partial charge in [-0.2, -0.15) is 0 Å². The number of nitrogens with one attached hydrogen (secondary N) is 1. The van der Waals surface area contributed by atoms with E-state index in [0.717, 1.165) is 18.9 Å². The van der Waals surface area contributed by atoms with Crippen molar-refractivity contribution in [2.75, 3.05) is 21.3 Å². The number of rotatable bonds is 4. The molecule has 0 saturated heterocycles. The quantitative estimate of drug-likeness (QED) is 0.530. The fraction of sp³-hybridized carbons (Fsp3) is 0.591. The number of carbonyl (C=O) groups is 3. The van der Waals surface area contributed by atoms with Crippen LogP contribution in [-0.2, 0) is 14.2 Å². The minimum atomic E-state index is -0.764. The highest BCUT2D eigenvalue weighted by Gasteiger charge is 2.25. The number of phenolic OH excluding ortho intramolecular Hbond substituents is 1. The summed E-state index contributed by atoms with van der Waals surface area (Å²) in [6.45, 7) is 9.61. The zero-order valence-corrected chi connectivity index (χ0v) is 19.7. The average molecular weight is 442 g/mol. The van der Waals surface area contributed by atoms with Crippen LogP contribution in [0, 0.1) is 0 Å². The van der Waals surface area contributed by atoms with Crippen molar-refractivity contribution < 1.29 is 38.4 Å². The number of esters is 2. The van der Waals surface area contributed by atoms with E-state index in [-0.39, 0.29) is 34.3 Å². The maximum absolute atomic E-state index is 11.6. The van der Waals surface area contributed by atoms with Crippen molar-refractivity contribution in [2.24, 2.45) is 0 Å². The van der Waals surface area contributed by atoms with Gasteiger partial charge in [0.15, 0.2) is 0 Å². The summed E-state index contributed by atoms with van der Waals surface area (Å²) in [7, 11) is 3.65. The van der Waals surface area contributed by atoms with E-state index in [4.69, 9.17) is 9.47 Å². The van der Waals surface area contributed by atoms with Crippen LogP contribution in [0.5, 0.6) is 11.5 Å². The topological polar surface area (TPSA) is 120 Å². The Bertz CT molecular complexity index is 736. The van der Waals surface area contributed by atoms with Gasteiger partial charge in [-0.15, -0.1) is 0 Å². The number of phenols is 1. The molecule has 0 aromatic heterocycles. The summed E-state index contributed by atoms with van der Waals surface area (Å²) < 4.78 is 19.1. The van der Waals surface area contributed by atoms with E-state index in [0.29, 0.717) is 6.04 Å². The van der Waals surface area contributed by atoms with Gasteiger partial charge in [-0.3, -0.25) is 0 Å². The van der Waals surface area contributed by atoms with Crippen molar-refractivity contribution in [3.05, 3.63) is 23.3 Å². The van der Waals surface area contributed by atoms with Crippen LogP contribution in [0.4, 0.5) is 4.79 Å². The molecule has 1 aromatic rings. The Kier molecular flexibility index (Phi) is 12.1. The summed E-state index contributed by atoms with van der Waals surface area (Å²) in [6, 6.07) is 2.68. The molecule has 176 valence electrons. The second-order valence-corrected chi connectivity index (χ2v) is 7.33. The van der Waals surface area contributed by atoms with Crippen molar-refractivity contribution in [1.29, 1.82) is 0 Å². The highest BCUT2D eigenvalue weighted by atomic mass is 16.6. The van der Waals surface area contributed by atoms with E-state index in [1.807, 2.05) is 34.6 Å². The fourth-order valence-corrected chi connectivity index (χ4v) is 2.37. The van der Waals surface area contributed by atoms with Crippen LogP contribution in [0.1, 0.15) is 74.6 Å². The van der Waals surface area contributed by atoms with Gasteiger partial charge in [-0.25, -0.2) is 14.4 Å². The van der Waals surface area contributed by atoms with Crippen LogP contribution >= 0.6 is 0 Å². The standard InChI is InChI=1S/C11H12O6.C9H17NO2.C2H6/c1-15-8-5-6(12)4-7(10(13)16-2)9(8)11(14)17-3;1-9(2,3)12-8(11)10-7-5-4-6-7;1-2/h4-5,12H,1-3H3;7H,4-6H2,1-3H3,(H,10,11);1-2H3. The number of methoxy groups -OCH3 is 3. The highest BCUT2D eigenvalue weighted by Crippen LogP contribution is 2.29. The van der Waals surface area contributed by atoms with Gasteiger partial charge < -0.3 is 29.4 Å². The molecule has 0 radical (unpaired) electrons. The molecule has 2 rings (SSSR count). The number of carbonyl (C=O) groups excluding carboxylic acids is 3. The smallest absolute Gasteiger partial charge is 0.407 e. The molecule has 9 heteroatoms. The van der Waals surface area contributed by atoms with Gasteiger partial charge in [0, 0.05) is 12.1 Å². The number of benzene rings is 1. The first-order valence-corrected chi connectivity index (χ1v) is 10.1. The van der Waals surface area contributed by atoms with E-state index in [9.17, 15) is 19.5 Å². The molecular weight excluding hydrogens is 406 g/mol. The molecule has 0 unspecified atom stereocenters. The van der Waals surface area contributed by atoms with E-state index < -0.39 is 11.9 Å². The van der Waals surface area contributed by atoms with Crippen LogP contribution in [0.15, 0.2) is 12.1 Å². The van der Waals surface area contributed by atoms with Gasteiger partial charge in [0.25, 0.3) is 0 Å². The third-order valence-electron chi connectivity index (χ3n) is 3.93. The molecule has 1 aromatic carbocycles. The zero-order chi connectivity index (χ0) is 24.2. The molecule has 0 atom stereocenters. The summed E-state index contributed by atoms with van der Waals surface area (Å²) in [4.78, 5) is 34.2. The molecule has 1 amide bonds. The van der Waals surface area contributed by atoms with E-state index in [2.05, 4.69) is 14.8 Å². The monoisotopic (exact) mass is 441 g/mol. The summed E-state index contributed by atoms with van der Waals surface area (Å²) in [5, 5.41) is 12.2. The van der Waals surface area contributed by atoms with Gasteiger partial charge in [0.05, 0.1) is 26.9 Å². The van der Waals surface area contributed by atoms with Crippen molar-refractivity contribution in [1.82, 2.24) is 5.32 Å². The Labute approximate surface area is 184 Å². The van der Waals surface area contributed by atoms with Crippen molar-refractivity contribution in [3.8, 4) is 11.5 Å². The molecule has 1 fully saturated rings. The number of aromatic hydroxyl groups is 1. The van der Waals surface area contributed by atoms with Crippen LogP contribution in [0.2, 0.25) is 0 Å². The Morgan fingerprint density at radius 1 is 1.00 bits per heavy atom. The summed E-state index contributed by atoms with van der Waals surface area (Å²) in [5.41, 5.74) is -0.579. The summed E-state index contributed by atoms with van der Waals surface area (Å²) >= 11 is 0. The zero-order valence-electron chi connectivity index (χ0n) is 19.7. The van der Waals surface area contributed by atoms with E-state index in [1.165, 1.54) is 33.8 Å². The number of hydrogen-bond acceptors (Lipinski definition) is 8. The molecule has 2 N–H and O–H groups in total. The third-order valence-corrected chi connectivity index (χ3v) is 3.93. The molecule has 1 aliphatic carbocycles. The minimum absolute atomic E-state index is 0.0391.